The Morgan fingerprint density at radius 2 is 1.65 bits per heavy atom. The van der Waals surface area contributed by atoms with Crippen LogP contribution in [0, 0.1) is 0 Å². The van der Waals surface area contributed by atoms with Crippen LogP contribution in [0.5, 0.6) is 5.75 Å². The third kappa shape index (κ3) is 3.46. The Labute approximate surface area is 134 Å². The molecule has 1 aromatic rings. The average Bonchev–Trinajstić information content (AvgIpc) is 3.01. The molecule has 0 aromatic heterocycles. The van der Waals surface area contributed by atoms with Gasteiger partial charge < -0.3 is 25.3 Å². The third-order valence-corrected chi connectivity index (χ3v) is 4.40. The lowest BCUT2D eigenvalue weighted by atomic mass is 10.1. The Morgan fingerprint density at radius 1 is 1.04 bits per heavy atom. The molecule has 0 aliphatic carbocycles. The van der Waals surface area contributed by atoms with E-state index in [9.17, 15) is 19.8 Å². The Kier molecular flexibility index (Phi) is 4.49. The van der Waals surface area contributed by atoms with E-state index in [4.69, 9.17) is 0 Å². The van der Waals surface area contributed by atoms with Crippen LogP contribution in [0.4, 0.5) is 0 Å². The molecule has 2 saturated heterocycles. The second-order valence-electron chi connectivity index (χ2n) is 6.01. The summed E-state index contributed by atoms with van der Waals surface area (Å²) in [5, 5.41) is 21.8. The number of hydrogen-bond acceptors (Lipinski definition) is 5. The monoisotopic (exact) mass is 319 g/mol. The molecule has 2 heterocycles. The van der Waals surface area contributed by atoms with Crippen LogP contribution in [-0.4, -0.2) is 76.7 Å². The van der Waals surface area contributed by atoms with Crippen molar-refractivity contribution in [3.8, 4) is 5.75 Å². The van der Waals surface area contributed by atoms with Crippen molar-refractivity contribution >= 4 is 11.8 Å². The van der Waals surface area contributed by atoms with E-state index in [0.29, 0.717) is 44.7 Å². The molecule has 2 unspecified atom stereocenters. The zero-order valence-corrected chi connectivity index (χ0v) is 12.8. The number of amides is 2. The van der Waals surface area contributed by atoms with Crippen LogP contribution < -0.4 is 5.32 Å². The summed E-state index contributed by atoms with van der Waals surface area (Å²) in [7, 11) is 0. The zero-order chi connectivity index (χ0) is 16.4. The minimum Gasteiger partial charge on any atom is -0.508 e. The summed E-state index contributed by atoms with van der Waals surface area (Å²) < 4.78 is 0. The van der Waals surface area contributed by atoms with E-state index in [2.05, 4.69) is 5.32 Å². The van der Waals surface area contributed by atoms with Gasteiger partial charge in [0.1, 0.15) is 5.75 Å². The van der Waals surface area contributed by atoms with E-state index < -0.39 is 6.10 Å². The molecule has 3 N–H and O–H groups in total. The van der Waals surface area contributed by atoms with Crippen molar-refractivity contribution in [1.82, 2.24) is 15.1 Å². The third-order valence-electron chi connectivity index (χ3n) is 4.40. The number of carbonyl (C=O) groups excluding carboxylic acids is 2. The number of nitrogens with one attached hydrogen (secondary N) is 1. The van der Waals surface area contributed by atoms with E-state index in [1.54, 1.807) is 21.9 Å². The molecule has 0 saturated carbocycles. The first-order chi connectivity index (χ1) is 11.0. The topological polar surface area (TPSA) is 93.1 Å². The van der Waals surface area contributed by atoms with Gasteiger partial charge in [-0.25, -0.2) is 0 Å². The molecule has 3 rings (SSSR count). The maximum atomic E-state index is 12.4. The van der Waals surface area contributed by atoms with E-state index in [-0.39, 0.29) is 23.6 Å². The molecular formula is C16H21N3O4. The maximum absolute atomic E-state index is 12.4. The Bertz CT molecular complexity index is 581. The Morgan fingerprint density at radius 3 is 2.22 bits per heavy atom. The summed E-state index contributed by atoms with van der Waals surface area (Å²) in [4.78, 5) is 28.2. The van der Waals surface area contributed by atoms with E-state index >= 15 is 0 Å². The lowest BCUT2D eigenvalue weighted by Crippen LogP contribution is -2.54. The zero-order valence-electron chi connectivity index (χ0n) is 12.8. The SMILES string of the molecule is O=C(c1ccc(O)cc1)N1CCN(C(=O)C2CC(O)CN2)CC1. The van der Waals surface area contributed by atoms with Gasteiger partial charge in [-0.2, -0.15) is 0 Å². The quantitative estimate of drug-likeness (QED) is 0.677. The van der Waals surface area contributed by atoms with Crippen LogP contribution in [0.25, 0.3) is 0 Å². The Balaban J connectivity index is 1.54. The van der Waals surface area contributed by atoms with Gasteiger partial charge in [-0.3, -0.25) is 9.59 Å². The lowest BCUT2D eigenvalue weighted by molar-refractivity contribution is -0.134. The largest absolute Gasteiger partial charge is 0.508 e. The van der Waals surface area contributed by atoms with Gasteiger partial charge in [0.2, 0.25) is 5.91 Å². The number of β-amino-alcohol motifs (C(OH)–C–C–N with tert-alkyl or cyclic N) is 1. The van der Waals surface area contributed by atoms with Crippen LogP contribution in [0.15, 0.2) is 24.3 Å². The molecule has 7 heteroatoms. The highest BCUT2D eigenvalue weighted by Crippen LogP contribution is 2.15. The van der Waals surface area contributed by atoms with Crippen molar-refractivity contribution in [3.63, 3.8) is 0 Å². The number of carbonyl (C=O) groups is 2. The van der Waals surface area contributed by atoms with Crippen molar-refractivity contribution in [2.24, 2.45) is 0 Å². The summed E-state index contributed by atoms with van der Waals surface area (Å²) in [6.45, 7) is 2.42. The number of aliphatic hydroxyl groups is 1. The Hall–Kier alpha value is -2.12. The predicted octanol–water partition coefficient (Wildman–Crippen LogP) is -0.601. The fraction of sp³-hybridized carbons (Fsp3) is 0.500. The first kappa shape index (κ1) is 15.8. The molecule has 2 aliphatic rings. The second kappa shape index (κ2) is 6.55. The number of aromatic hydroxyl groups is 1. The first-order valence-electron chi connectivity index (χ1n) is 7.83. The molecule has 1 aromatic carbocycles. The van der Waals surface area contributed by atoms with Crippen molar-refractivity contribution < 1.29 is 19.8 Å². The van der Waals surface area contributed by atoms with Gasteiger partial charge >= 0.3 is 0 Å². The van der Waals surface area contributed by atoms with Gasteiger partial charge in [-0.1, -0.05) is 0 Å². The molecule has 2 amide bonds. The van der Waals surface area contributed by atoms with Crippen molar-refractivity contribution in [1.29, 1.82) is 0 Å². The number of phenolic OH excluding ortho intramolecular Hbond substituents is 1. The summed E-state index contributed by atoms with van der Waals surface area (Å²) in [6.07, 6.45) is -0.00723. The average molecular weight is 319 g/mol. The fourth-order valence-electron chi connectivity index (χ4n) is 3.04. The summed E-state index contributed by atoms with van der Waals surface area (Å²) >= 11 is 0. The maximum Gasteiger partial charge on any atom is 0.253 e. The first-order valence-corrected chi connectivity index (χ1v) is 7.83. The molecule has 0 bridgehead atoms. The normalized spacial score (nSPS) is 24.7. The molecular weight excluding hydrogens is 298 g/mol. The highest BCUT2D eigenvalue weighted by Gasteiger charge is 2.33. The van der Waals surface area contributed by atoms with E-state index in [0.717, 1.165) is 0 Å². The minimum atomic E-state index is -0.457. The van der Waals surface area contributed by atoms with Crippen molar-refractivity contribution in [2.75, 3.05) is 32.7 Å². The van der Waals surface area contributed by atoms with Crippen LogP contribution >= 0.6 is 0 Å². The molecule has 7 nitrogen and oxygen atoms in total. The molecule has 2 atom stereocenters. The molecule has 23 heavy (non-hydrogen) atoms. The smallest absolute Gasteiger partial charge is 0.253 e. The van der Waals surface area contributed by atoms with E-state index in [1.165, 1.54) is 12.1 Å². The highest BCUT2D eigenvalue weighted by atomic mass is 16.3. The van der Waals surface area contributed by atoms with Gasteiger partial charge in [0, 0.05) is 38.3 Å². The van der Waals surface area contributed by atoms with E-state index in [1.807, 2.05) is 0 Å². The predicted molar refractivity (Wildman–Crippen MR) is 83.0 cm³/mol. The number of nitrogens with zero attached hydrogens (tertiary/aromatic N) is 2. The van der Waals surface area contributed by atoms with Crippen LogP contribution in [0.3, 0.4) is 0 Å². The van der Waals surface area contributed by atoms with Gasteiger partial charge in [-0.15, -0.1) is 0 Å². The number of hydrogen-bond donors (Lipinski definition) is 3. The summed E-state index contributed by atoms with van der Waals surface area (Å²) in [5.74, 6) is 0.0352. The van der Waals surface area contributed by atoms with Gasteiger partial charge in [-0.05, 0) is 30.7 Å². The van der Waals surface area contributed by atoms with Crippen molar-refractivity contribution in [2.45, 2.75) is 18.6 Å². The molecule has 0 spiro atoms. The standard InChI is InChI=1S/C16H21N3O4/c20-12-3-1-11(2-4-12)15(22)18-5-7-19(8-6-18)16(23)14-9-13(21)10-17-14/h1-4,13-14,17,20-21H,5-10H2. The summed E-state index contributed by atoms with van der Waals surface area (Å²) in [5.41, 5.74) is 0.531. The lowest BCUT2D eigenvalue weighted by Gasteiger charge is -2.36. The van der Waals surface area contributed by atoms with Gasteiger partial charge in [0.05, 0.1) is 12.1 Å². The van der Waals surface area contributed by atoms with Gasteiger partial charge in [0.15, 0.2) is 0 Å². The van der Waals surface area contributed by atoms with Crippen molar-refractivity contribution in [3.05, 3.63) is 29.8 Å². The van der Waals surface area contributed by atoms with Gasteiger partial charge in [0.25, 0.3) is 5.91 Å². The molecule has 2 fully saturated rings. The van der Waals surface area contributed by atoms with Crippen LogP contribution in [0.2, 0.25) is 0 Å². The second-order valence-corrected chi connectivity index (χ2v) is 6.01. The number of rotatable bonds is 2. The van der Waals surface area contributed by atoms with Crippen LogP contribution in [-0.2, 0) is 4.79 Å². The molecule has 0 radical (unpaired) electrons. The fourth-order valence-corrected chi connectivity index (χ4v) is 3.04. The number of aliphatic hydroxyl groups excluding tert-OH is 1. The highest BCUT2D eigenvalue weighted by molar-refractivity contribution is 5.94. The minimum absolute atomic E-state index is 0.00159. The number of phenols is 1. The number of benzene rings is 1. The summed E-state index contributed by atoms with van der Waals surface area (Å²) in [6, 6.07) is 5.86. The molecule has 2 aliphatic heterocycles. The number of piperazine rings is 1. The molecule has 124 valence electrons. The van der Waals surface area contributed by atoms with Crippen LogP contribution in [0.1, 0.15) is 16.8 Å².